The summed E-state index contributed by atoms with van der Waals surface area (Å²) in [6.07, 6.45) is 3.58. The summed E-state index contributed by atoms with van der Waals surface area (Å²) >= 11 is 0. The molecule has 0 spiro atoms. The lowest BCUT2D eigenvalue weighted by molar-refractivity contribution is 0.102. The lowest BCUT2D eigenvalue weighted by Gasteiger charge is -2.12. The Bertz CT molecular complexity index is 947. The summed E-state index contributed by atoms with van der Waals surface area (Å²) in [5, 5.41) is 2.95. The number of amides is 1. The normalized spacial score (nSPS) is 10.8. The minimum Gasteiger partial charge on any atom is -0.497 e. The Kier molecular flexibility index (Phi) is 5.11. The first kappa shape index (κ1) is 17.8. The Morgan fingerprint density at radius 2 is 2.00 bits per heavy atom. The monoisotopic (exact) mass is 353 g/mol. The number of methoxy groups -OCH3 is 2. The zero-order chi connectivity index (χ0) is 18.7. The first-order valence-corrected chi connectivity index (χ1v) is 8.58. The van der Waals surface area contributed by atoms with Crippen LogP contribution < -0.4 is 14.8 Å². The fourth-order valence-electron chi connectivity index (χ4n) is 2.93. The van der Waals surface area contributed by atoms with Gasteiger partial charge in [0.25, 0.3) is 5.91 Å². The number of imidazole rings is 1. The molecule has 1 N–H and O–H groups in total. The van der Waals surface area contributed by atoms with Crippen LogP contribution in [0.25, 0.3) is 5.65 Å². The van der Waals surface area contributed by atoms with Gasteiger partial charge < -0.3 is 14.8 Å². The summed E-state index contributed by atoms with van der Waals surface area (Å²) in [6.45, 7) is 4.07. The summed E-state index contributed by atoms with van der Waals surface area (Å²) in [5.41, 5.74) is 3.77. The number of nitrogens with zero attached hydrogens (tertiary/aromatic N) is 2. The van der Waals surface area contributed by atoms with Gasteiger partial charge in [-0.1, -0.05) is 19.4 Å². The molecule has 0 bridgehead atoms. The fourth-order valence-corrected chi connectivity index (χ4v) is 2.93. The molecule has 3 aromatic rings. The average Bonchev–Trinajstić information content (AvgIpc) is 2.99. The number of pyridine rings is 1. The van der Waals surface area contributed by atoms with E-state index >= 15 is 0 Å². The third kappa shape index (κ3) is 3.35. The van der Waals surface area contributed by atoms with Crippen molar-refractivity contribution >= 4 is 17.2 Å². The zero-order valence-corrected chi connectivity index (χ0v) is 15.5. The van der Waals surface area contributed by atoms with E-state index in [0.717, 1.165) is 29.7 Å². The molecule has 0 aliphatic rings. The zero-order valence-electron chi connectivity index (χ0n) is 15.5. The summed E-state index contributed by atoms with van der Waals surface area (Å²) < 4.78 is 12.4. The van der Waals surface area contributed by atoms with Gasteiger partial charge in [-0.3, -0.25) is 9.20 Å². The molecule has 0 saturated carbocycles. The first-order chi connectivity index (χ1) is 12.6. The van der Waals surface area contributed by atoms with Crippen molar-refractivity contribution in [3.8, 4) is 11.5 Å². The maximum atomic E-state index is 13.1. The van der Waals surface area contributed by atoms with Crippen molar-refractivity contribution in [3.05, 3.63) is 53.5 Å². The highest BCUT2D eigenvalue weighted by atomic mass is 16.5. The van der Waals surface area contributed by atoms with E-state index in [1.165, 1.54) is 0 Å². The van der Waals surface area contributed by atoms with Gasteiger partial charge in [-0.05, 0) is 37.1 Å². The number of benzene rings is 1. The summed E-state index contributed by atoms with van der Waals surface area (Å²) in [7, 11) is 3.15. The van der Waals surface area contributed by atoms with Crippen LogP contribution in [-0.2, 0) is 6.42 Å². The molecule has 6 nitrogen and oxygen atoms in total. The maximum absolute atomic E-state index is 13.1. The number of anilines is 1. The van der Waals surface area contributed by atoms with Crippen molar-refractivity contribution in [2.75, 3.05) is 19.5 Å². The van der Waals surface area contributed by atoms with Gasteiger partial charge in [0.1, 0.15) is 22.8 Å². The third-order valence-corrected chi connectivity index (χ3v) is 4.20. The quantitative estimate of drug-likeness (QED) is 0.731. The van der Waals surface area contributed by atoms with E-state index in [0.29, 0.717) is 22.9 Å². The Hall–Kier alpha value is -3.02. The molecule has 1 amide bonds. The van der Waals surface area contributed by atoms with E-state index in [1.807, 2.05) is 29.7 Å². The molecule has 0 unspecified atom stereocenters. The van der Waals surface area contributed by atoms with E-state index in [1.54, 1.807) is 32.4 Å². The van der Waals surface area contributed by atoms with Gasteiger partial charge in [-0.15, -0.1) is 0 Å². The van der Waals surface area contributed by atoms with Crippen LogP contribution in [0.4, 0.5) is 5.69 Å². The summed E-state index contributed by atoms with van der Waals surface area (Å²) in [5.74, 6) is 0.992. The van der Waals surface area contributed by atoms with Crippen LogP contribution in [0.5, 0.6) is 11.5 Å². The number of rotatable bonds is 6. The smallest absolute Gasteiger partial charge is 0.274 e. The van der Waals surface area contributed by atoms with Crippen LogP contribution in [0.2, 0.25) is 0 Å². The lowest BCUT2D eigenvalue weighted by Crippen LogP contribution is -2.17. The molecule has 3 rings (SSSR count). The molecule has 1 aromatic carbocycles. The van der Waals surface area contributed by atoms with E-state index in [-0.39, 0.29) is 5.91 Å². The molecular formula is C20H23N3O3. The van der Waals surface area contributed by atoms with Gasteiger partial charge in [0, 0.05) is 12.3 Å². The minimum absolute atomic E-state index is 0.213. The van der Waals surface area contributed by atoms with Crippen LogP contribution in [0.1, 0.15) is 35.1 Å². The van der Waals surface area contributed by atoms with E-state index in [2.05, 4.69) is 17.2 Å². The molecule has 0 atom stereocenters. The SMILES string of the molecule is CCCc1nc2ccc(C)cn2c1C(=O)Nc1ccc(OC)cc1OC. The Morgan fingerprint density at radius 3 is 2.69 bits per heavy atom. The van der Waals surface area contributed by atoms with Crippen molar-refractivity contribution in [2.24, 2.45) is 0 Å². The van der Waals surface area contributed by atoms with Gasteiger partial charge in [0.05, 0.1) is 25.6 Å². The highest BCUT2D eigenvalue weighted by Gasteiger charge is 2.20. The molecule has 2 heterocycles. The first-order valence-electron chi connectivity index (χ1n) is 8.58. The largest absolute Gasteiger partial charge is 0.497 e. The number of aryl methyl sites for hydroxylation is 2. The second kappa shape index (κ2) is 7.47. The summed E-state index contributed by atoms with van der Waals surface area (Å²) in [4.78, 5) is 17.7. The van der Waals surface area contributed by atoms with Crippen LogP contribution in [0.3, 0.4) is 0 Å². The van der Waals surface area contributed by atoms with E-state index in [9.17, 15) is 4.79 Å². The van der Waals surface area contributed by atoms with Crippen molar-refractivity contribution in [1.29, 1.82) is 0 Å². The number of carbonyl (C=O) groups is 1. The van der Waals surface area contributed by atoms with Gasteiger partial charge in [-0.25, -0.2) is 4.98 Å². The van der Waals surface area contributed by atoms with Crippen molar-refractivity contribution in [3.63, 3.8) is 0 Å². The number of nitrogens with one attached hydrogen (secondary N) is 1. The molecule has 0 radical (unpaired) electrons. The molecule has 0 saturated heterocycles. The standard InChI is InChI=1S/C20H23N3O3/c1-5-6-16-19(23-12-13(2)7-10-18(23)21-16)20(24)22-15-9-8-14(25-3)11-17(15)26-4/h7-12H,5-6H2,1-4H3,(H,22,24). The average molecular weight is 353 g/mol. The Morgan fingerprint density at radius 1 is 1.19 bits per heavy atom. The lowest BCUT2D eigenvalue weighted by atomic mass is 10.2. The minimum atomic E-state index is -0.213. The number of fused-ring (bicyclic) bond motifs is 1. The fraction of sp³-hybridized carbons (Fsp3) is 0.300. The van der Waals surface area contributed by atoms with Crippen molar-refractivity contribution < 1.29 is 14.3 Å². The second-order valence-corrected chi connectivity index (χ2v) is 6.11. The van der Waals surface area contributed by atoms with Crippen LogP contribution >= 0.6 is 0 Å². The number of hydrogen-bond acceptors (Lipinski definition) is 4. The highest BCUT2D eigenvalue weighted by molar-refractivity contribution is 6.05. The summed E-state index contributed by atoms with van der Waals surface area (Å²) in [6, 6.07) is 9.21. The number of ether oxygens (including phenoxy) is 2. The topological polar surface area (TPSA) is 64.9 Å². The maximum Gasteiger partial charge on any atom is 0.274 e. The van der Waals surface area contributed by atoms with Crippen molar-refractivity contribution in [2.45, 2.75) is 26.7 Å². The van der Waals surface area contributed by atoms with Gasteiger partial charge in [0.15, 0.2) is 0 Å². The molecule has 26 heavy (non-hydrogen) atoms. The molecule has 136 valence electrons. The van der Waals surface area contributed by atoms with Crippen LogP contribution in [0.15, 0.2) is 36.5 Å². The number of hydrogen-bond donors (Lipinski definition) is 1. The van der Waals surface area contributed by atoms with Gasteiger partial charge in [-0.2, -0.15) is 0 Å². The second-order valence-electron chi connectivity index (χ2n) is 6.11. The molecule has 0 aliphatic heterocycles. The molecule has 2 aromatic heterocycles. The molecule has 0 fully saturated rings. The molecular weight excluding hydrogens is 330 g/mol. The number of aromatic nitrogens is 2. The Labute approximate surface area is 152 Å². The van der Waals surface area contributed by atoms with E-state index in [4.69, 9.17) is 9.47 Å². The van der Waals surface area contributed by atoms with E-state index < -0.39 is 0 Å². The predicted molar refractivity (Wildman–Crippen MR) is 101 cm³/mol. The van der Waals surface area contributed by atoms with Gasteiger partial charge >= 0.3 is 0 Å². The van der Waals surface area contributed by atoms with Crippen LogP contribution in [-0.4, -0.2) is 29.5 Å². The molecule has 0 aliphatic carbocycles. The Balaban J connectivity index is 2.02. The van der Waals surface area contributed by atoms with Crippen LogP contribution in [0, 0.1) is 6.92 Å². The van der Waals surface area contributed by atoms with Gasteiger partial charge in [0.2, 0.25) is 0 Å². The van der Waals surface area contributed by atoms with Crippen molar-refractivity contribution in [1.82, 2.24) is 9.38 Å². The highest BCUT2D eigenvalue weighted by Crippen LogP contribution is 2.29. The number of carbonyl (C=O) groups excluding carboxylic acids is 1. The third-order valence-electron chi connectivity index (χ3n) is 4.20. The molecule has 6 heteroatoms. The predicted octanol–water partition coefficient (Wildman–Crippen LogP) is 3.86.